The SMILES string of the molecule is O=C(CN=Cc1ccc(-c2ccccc2)cc1)OCc1ccccc1. The molecular weight excluding hydrogens is 310 g/mol. The average Bonchev–Trinajstić information content (AvgIpc) is 2.68. The summed E-state index contributed by atoms with van der Waals surface area (Å²) in [5.41, 5.74) is 4.25. The van der Waals surface area contributed by atoms with E-state index in [2.05, 4.69) is 17.1 Å². The van der Waals surface area contributed by atoms with Gasteiger partial charge in [-0.25, -0.2) is 0 Å². The quantitative estimate of drug-likeness (QED) is 0.493. The normalized spacial score (nSPS) is 10.7. The van der Waals surface area contributed by atoms with Crippen molar-refractivity contribution in [3.05, 3.63) is 96.1 Å². The number of hydrogen-bond donors (Lipinski definition) is 0. The van der Waals surface area contributed by atoms with Crippen LogP contribution in [0.5, 0.6) is 0 Å². The van der Waals surface area contributed by atoms with Crippen LogP contribution in [0, 0.1) is 0 Å². The topological polar surface area (TPSA) is 38.7 Å². The molecule has 0 aromatic heterocycles. The third kappa shape index (κ3) is 5.15. The minimum Gasteiger partial charge on any atom is -0.459 e. The summed E-state index contributed by atoms with van der Waals surface area (Å²) in [6.07, 6.45) is 1.69. The summed E-state index contributed by atoms with van der Waals surface area (Å²) >= 11 is 0. The highest BCUT2D eigenvalue weighted by atomic mass is 16.5. The van der Waals surface area contributed by atoms with Crippen molar-refractivity contribution in [2.75, 3.05) is 6.54 Å². The van der Waals surface area contributed by atoms with Gasteiger partial charge in [-0.3, -0.25) is 9.79 Å². The molecule has 0 spiro atoms. The van der Waals surface area contributed by atoms with Crippen LogP contribution in [0.2, 0.25) is 0 Å². The predicted octanol–water partition coefficient (Wildman–Crippen LogP) is 4.52. The Morgan fingerprint density at radius 2 is 1.40 bits per heavy atom. The fourth-order valence-corrected chi connectivity index (χ4v) is 2.40. The number of ether oxygens (including phenoxy) is 1. The average molecular weight is 329 g/mol. The van der Waals surface area contributed by atoms with Gasteiger partial charge in [-0.2, -0.15) is 0 Å². The molecule has 0 unspecified atom stereocenters. The minimum atomic E-state index is -0.332. The van der Waals surface area contributed by atoms with Crippen molar-refractivity contribution in [2.24, 2.45) is 4.99 Å². The van der Waals surface area contributed by atoms with Crippen LogP contribution in [-0.4, -0.2) is 18.7 Å². The molecular formula is C22H19NO2. The molecule has 0 saturated carbocycles. The van der Waals surface area contributed by atoms with E-state index in [1.165, 1.54) is 5.56 Å². The van der Waals surface area contributed by atoms with Crippen LogP contribution in [0.15, 0.2) is 89.9 Å². The van der Waals surface area contributed by atoms with E-state index in [9.17, 15) is 4.79 Å². The highest BCUT2D eigenvalue weighted by Gasteiger charge is 2.01. The smallest absolute Gasteiger partial charge is 0.328 e. The van der Waals surface area contributed by atoms with Crippen molar-refractivity contribution in [1.29, 1.82) is 0 Å². The number of aliphatic imine (C=N–C) groups is 1. The van der Waals surface area contributed by atoms with Gasteiger partial charge >= 0.3 is 5.97 Å². The van der Waals surface area contributed by atoms with Crippen LogP contribution in [0.3, 0.4) is 0 Å². The van der Waals surface area contributed by atoms with E-state index in [1.54, 1.807) is 6.21 Å². The fourth-order valence-electron chi connectivity index (χ4n) is 2.40. The second-order valence-corrected chi connectivity index (χ2v) is 5.60. The monoisotopic (exact) mass is 329 g/mol. The van der Waals surface area contributed by atoms with Gasteiger partial charge in [-0.1, -0.05) is 84.9 Å². The molecule has 3 heteroatoms. The maximum atomic E-state index is 11.7. The molecule has 124 valence electrons. The van der Waals surface area contributed by atoms with E-state index in [4.69, 9.17) is 4.74 Å². The van der Waals surface area contributed by atoms with Crippen LogP contribution in [0.4, 0.5) is 0 Å². The molecule has 0 aliphatic heterocycles. The summed E-state index contributed by atoms with van der Waals surface area (Å²) in [5, 5.41) is 0. The first-order chi connectivity index (χ1) is 12.3. The van der Waals surface area contributed by atoms with Crippen molar-refractivity contribution in [3.8, 4) is 11.1 Å². The molecule has 3 nitrogen and oxygen atoms in total. The molecule has 0 N–H and O–H groups in total. The molecule has 25 heavy (non-hydrogen) atoms. The molecule has 0 aliphatic rings. The van der Waals surface area contributed by atoms with Crippen LogP contribution in [0.25, 0.3) is 11.1 Å². The van der Waals surface area contributed by atoms with Gasteiger partial charge in [0, 0.05) is 6.21 Å². The standard InChI is InChI=1S/C22H19NO2/c24-22(25-17-19-7-3-1-4-8-19)16-23-15-18-11-13-21(14-12-18)20-9-5-2-6-10-20/h1-15H,16-17H2. The van der Waals surface area contributed by atoms with Gasteiger partial charge < -0.3 is 4.74 Å². The van der Waals surface area contributed by atoms with Gasteiger partial charge in [0.25, 0.3) is 0 Å². The van der Waals surface area contributed by atoms with Crippen LogP contribution in [-0.2, 0) is 16.1 Å². The first-order valence-corrected chi connectivity index (χ1v) is 8.16. The van der Waals surface area contributed by atoms with E-state index >= 15 is 0 Å². The Hall–Kier alpha value is -3.20. The summed E-state index contributed by atoms with van der Waals surface area (Å²) in [6, 6.07) is 27.9. The number of rotatable bonds is 6. The fraction of sp³-hybridized carbons (Fsp3) is 0.0909. The third-order valence-corrected chi connectivity index (χ3v) is 3.72. The number of nitrogens with zero attached hydrogens (tertiary/aromatic N) is 1. The van der Waals surface area contributed by atoms with Crippen molar-refractivity contribution >= 4 is 12.2 Å². The zero-order valence-electron chi connectivity index (χ0n) is 13.8. The van der Waals surface area contributed by atoms with E-state index in [0.717, 1.165) is 16.7 Å². The van der Waals surface area contributed by atoms with Crippen LogP contribution >= 0.6 is 0 Å². The number of carbonyl (C=O) groups excluding carboxylic acids is 1. The Balaban J connectivity index is 1.49. The van der Waals surface area contributed by atoms with Crippen LogP contribution < -0.4 is 0 Å². The minimum absolute atomic E-state index is 0.0211. The van der Waals surface area contributed by atoms with Crippen LogP contribution in [0.1, 0.15) is 11.1 Å². The lowest BCUT2D eigenvalue weighted by Gasteiger charge is -2.03. The summed E-state index contributed by atoms with van der Waals surface area (Å²) in [6.45, 7) is 0.300. The van der Waals surface area contributed by atoms with Crippen molar-refractivity contribution in [3.63, 3.8) is 0 Å². The molecule has 0 bridgehead atoms. The Morgan fingerprint density at radius 1 is 0.800 bits per heavy atom. The molecule has 0 fully saturated rings. The van der Waals surface area contributed by atoms with Gasteiger partial charge in [-0.05, 0) is 22.3 Å². The van der Waals surface area contributed by atoms with Crippen molar-refractivity contribution < 1.29 is 9.53 Å². The molecule has 0 radical (unpaired) electrons. The molecule has 0 aliphatic carbocycles. The molecule has 0 heterocycles. The van der Waals surface area contributed by atoms with Gasteiger partial charge in [-0.15, -0.1) is 0 Å². The Labute approximate surface area is 147 Å². The first-order valence-electron chi connectivity index (χ1n) is 8.16. The highest BCUT2D eigenvalue weighted by Crippen LogP contribution is 2.18. The molecule has 0 amide bonds. The highest BCUT2D eigenvalue weighted by molar-refractivity contribution is 5.83. The maximum Gasteiger partial charge on any atom is 0.328 e. The molecule has 3 aromatic carbocycles. The second-order valence-electron chi connectivity index (χ2n) is 5.60. The Kier molecular flexibility index (Phi) is 5.73. The van der Waals surface area contributed by atoms with Gasteiger partial charge in [0.05, 0.1) is 0 Å². The molecule has 3 rings (SSSR count). The van der Waals surface area contributed by atoms with Gasteiger partial charge in [0.2, 0.25) is 0 Å². The third-order valence-electron chi connectivity index (χ3n) is 3.72. The Morgan fingerprint density at radius 3 is 2.08 bits per heavy atom. The van der Waals surface area contributed by atoms with Crippen molar-refractivity contribution in [1.82, 2.24) is 0 Å². The summed E-state index contributed by atoms with van der Waals surface area (Å²) < 4.78 is 5.19. The van der Waals surface area contributed by atoms with E-state index in [-0.39, 0.29) is 19.1 Å². The van der Waals surface area contributed by atoms with Gasteiger partial charge in [0.15, 0.2) is 0 Å². The number of esters is 1. The first kappa shape index (κ1) is 16.7. The number of hydrogen-bond acceptors (Lipinski definition) is 3. The second kappa shape index (κ2) is 8.60. The summed E-state index contributed by atoms with van der Waals surface area (Å²) in [4.78, 5) is 15.9. The lowest BCUT2D eigenvalue weighted by Crippen LogP contribution is -2.08. The van der Waals surface area contributed by atoms with E-state index in [1.807, 2.05) is 72.8 Å². The van der Waals surface area contributed by atoms with E-state index in [0.29, 0.717) is 0 Å². The zero-order chi connectivity index (χ0) is 17.3. The zero-order valence-corrected chi connectivity index (χ0v) is 13.8. The lowest BCUT2D eigenvalue weighted by atomic mass is 10.0. The summed E-state index contributed by atoms with van der Waals surface area (Å²) in [7, 11) is 0. The van der Waals surface area contributed by atoms with E-state index < -0.39 is 0 Å². The lowest BCUT2D eigenvalue weighted by molar-refractivity contribution is -0.143. The number of carbonyl (C=O) groups is 1. The summed E-state index contributed by atoms with van der Waals surface area (Å²) in [5.74, 6) is -0.332. The molecule has 3 aromatic rings. The Bertz CT molecular complexity index is 825. The van der Waals surface area contributed by atoms with Gasteiger partial charge in [0.1, 0.15) is 13.2 Å². The predicted molar refractivity (Wildman–Crippen MR) is 101 cm³/mol. The van der Waals surface area contributed by atoms with Crippen molar-refractivity contribution in [2.45, 2.75) is 6.61 Å². The molecule has 0 saturated heterocycles. The molecule has 0 atom stereocenters. The largest absolute Gasteiger partial charge is 0.459 e. The number of benzene rings is 3. The maximum absolute atomic E-state index is 11.7.